The van der Waals surface area contributed by atoms with Crippen LogP contribution in [0, 0.1) is 6.92 Å². The summed E-state index contributed by atoms with van der Waals surface area (Å²) < 4.78 is 28.9. The number of ether oxygens (including phenoxy) is 1. The molecular formula is C20H20O6S. The highest BCUT2D eigenvalue weighted by Gasteiger charge is 2.29. The van der Waals surface area contributed by atoms with Crippen molar-refractivity contribution in [2.75, 3.05) is 12.9 Å². The van der Waals surface area contributed by atoms with Gasteiger partial charge in [-0.05, 0) is 54.8 Å². The number of carboxylic acid groups (broad SMARTS) is 1. The van der Waals surface area contributed by atoms with Gasteiger partial charge in [-0.1, -0.05) is 6.07 Å². The van der Waals surface area contributed by atoms with Gasteiger partial charge in [-0.2, -0.15) is 0 Å². The number of fused-ring (bicyclic) bond motifs is 1. The number of carboxylic acids is 1. The lowest BCUT2D eigenvalue weighted by Gasteiger charge is -2.17. The van der Waals surface area contributed by atoms with Gasteiger partial charge >= 0.3 is 5.97 Å². The third-order valence-electron chi connectivity index (χ3n) is 4.88. The van der Waals surface area contributed by atoms with Crippen molar-refractivity contribution < 1.29 is 27.9 Å². The number of rotatable bonds is 5. The van der Waals surface area contributed by atoms with Crippen molar-refractivity contribution in [1.82, 2.24) is 0 Å². The fraction of sp³-hybridized carbons (Fsp3) is 0.300. The zero-order valence-corrected chi connectivity index (χ0v) is 16.1. The van der Waals surface area contributed by atoms with Crippen LogP contribution < -0.4 is 4.74 Å². The molecule has 142 valence electrons. The number of benzene rings is 2. The topological polar surface area (TPSA) is 97.7 Å². The first-order valence-corrected chi connectivity index (χ1v) is 10.4. The molecule has 0 radical (unpaired) electrons. The minimum atomic E-state index is -3.36. The molecule has 0 spiro atoms. The van der Waals surface area contributed by atoms with Crippen molar-refractivity contribution >= 4 is 21.6 Å². The second kappa shape index (κ2) is 6.81. The van der Waals surface area contributed by atoms with Crippen LogP contribution in [0.25, 0.3) is 0 Å². The van der Waals surface area contributed by atoms with Gasteiger partial charge < -0.3 is 9.84 Å². The summed E-state index contributed by atoms with van der Waals surface area (Å²) in [6, 6.07) is 7.52. The largest absolute Gasteiger partial charge is 0.492 e. The molecule has 0 saturated carbocycles. The maximum Gasteiger partial charge on any atom is 0.310 e. The third-order valence-corrected chi connectivity index (χ3v) is 6.01. The summed E-state index contributed by atoms with van der Waals surface area (Å²) >= 11 is 0. The second-order valence-electron chi connectivity index (χ2n) is 6.74. The van der Waals surface area contributed by atoms with Crippen LogP contribution >= 0.6 is 0 Å². The van der Waals surface area contributed by atoms with Crippen molar-refractivity contribution in [2.45, 2.75) is 31.1 Å². The quantitative estimate of drug-likeness (QED) is 0.791. The van der Waals surface area contributed by atoms with E-state index >= 15 is 0 Å². The van der Waals surface area contributed by atoms with E-state index in [0.29, 0.717) is 41.0 Å². The lowest BCUT2D eigenvalue weighted by Crippen LogP contribution is -2.14. The van der Waals surface area contributed by atoms with Gasteiger partial charge in [-0.15, -0.1) is 0 Å². The Morgan fingerprint density at radius 1 is 1.19 bits per heavy atom. The van der Waals surface area contributed by atoms with Crippen molar-refractivity contribution in [2.24, 2.45) is 0 Å². The first kappa shape index (κ1) is 19.1. The average Bonchev–Trinajstić information content (AvgIpc) is 3.07. The van der Waals surface area contributed by atoms with Crippen LogP contribution in [0.15, 0.2) is 35.2 Å². The van der Waals surface area contributed by atoms with Crippen LogP contribution in [-0.2, 0) is 21.1 Å². The highest BCUT2D eigenvalue weighted by Crippen LogP contribution is 2.38. The number of carbonyl (C=O) groups excluding carboxylic acids is 1. The Bertz CT molecular complexity index is 1040. The maximum atomic E-state index is 13.2. The molecule has 0 bridgehead atoms. The molecule has 1 N–H and O–H groups in total. The smallest absolute Gasteiger partial charge is 0.310 e. The summed E-state index contributed by atoms with van der Waals surface area (Å²) in [4.78, 5) is 24.7. The second-order valence-corrected chi connectivity index (χ2v) is 8.75. The molecular weight excluding hydrogens is 368 g/mol. The fourth-order valence-corrected chi connectivity index (χ4v) is 3.93. The van der Waals surface area contributed by atoms with E-state index in [9.17, 15) is 23.1 Å². The molecule has 7 heteroatoms. The molecule has 2 aromatic rings. The van der Waals surface area contributed by atoms with E-state index in [4.69, 9.17) is 4.74 Å². The molecule has 3 rings (SSSR count). The zero-order valence-electron chi connectivity index (χ0n) is 15.3. The Kier molecular flexibility index (Phi) is 4.82. The molecule has 1 atom stereocenters. The van der Waals surface area contributed by atoms with Crippen molar-refractivity contribution in [1.29, 1.82) is 0 Å². The summed E-state index contributed by atoms with van der Waals surface area (Å²) in [5, 5.41) is 9.39. The average molecular weight is 388 g/mol. The third kappa shape index (κ3) is 3.47. The van der Waals surface area contributed by atoms with E-state index in [-0.39, 0.29) is 10.7 Å². The van der Waals surface area contributed by atoms with E-state index in [1.807, 2.05) is 0 Å². The minimum Gasteiger partial charge on any atom is -0.492 e. The predicted molar refractivity (Wildman–Crippen MR) is 99.4 cm³/mol. The highest BCUT2D eigenvalue weighted by molar-refractivity contribution is 7.90. The summed E-state index contributed by atoms with van der Waals surface area (Å²) in [6.45, 7) is 3.74. The van der Waals surface area contributed by atoms with Gasteiger partial charge in [0.05, 0.1) is 23.0 Å². The number of carbonyl (C=O) groups is 2. The monoisotopic (exact) mass is 388 g/mol. The van der Waals surface area contributed by atoms with E-state index in [2.05, 4.69) is 0 Å². The molecule has 1 aliphatic heterocycles. The van der Waals surface area contributed by atoms with Crippen molar-refractivity contribution in [3.63, 3.8) is 0 Å². The Hall–Kier alpha value is -2.67. The van der Waals surface area contributed by atoms with Crippen LogP contribution in [0.4, 0.5) is 0 Å². The lowest BCUT2D eigenvalue weighted by molar-refractivity contribution is -0.138. The highest BCUT2D eigenvalue weighted by atomic mass is 32.2. The van der Waals surface area contributed by atoms with Crippen molar-refractivity contribution in [3.8, 4) is 5.75 Å². The molecule has 1 aliphatic rings. The van der Waals surface area contributed by atoms with Gasteiger partial charge in [0, 0.05) is 18.2 Å². The van der Waals surface area contributed by atoms with Gasteiger partial charge in [0.1, 0.15) is 5.75 Å². The summed E-state index contributed by atoms with van der Waals surface area (Å²) in [5.74, 6) is -1.54. The van der Waals surface area contributed by atoms with Crippen LogP contribution in [-0.4, -0.2) is 38.1 Å². The Balaban J connectivity index is 2.13. The molecule has 0 fully saturated rings. The van der Waals surface area contributed by atoms with E-state index in [1.54, 1.807) is 19.9 Å². The summed E-state index contributed by atoms with van der Waals surface area (Å²) in [5.41, 5.74) is 2.65. The van der Waals surface area contributed by atoms with E-state index in [0.717, 1.165) is 11.8 Å². The normalized spacial score (nSPS) is 14.3. The van der Waals surface area contributed by atoms with Gasteiger partial charge in [-0.3, -0.25) is 9.59 Å². The Morgan fingerprint density at radius 2 is 1.81 bits per heavy atom. The SMILES string of the molecule is Cc1c(C(C)C(=O)O)cc2c(c1C(=O)c1ccc(S(C)(=O)=O)cc1)OCC2. The van der Waals surface area contributed by atoms with Gasteiger partial charge in [-0.25, -0.2) is 8.42 Å². The number of hydrogen-bond acceptors (Lipinski definition) is 5. The lowest BCUT2D eigenvalue weighted by atomic mass is 9.87. The number of ketones is 1. The number of hydrogen-bond donors (Lipinski definition) is 1. The first-order chi connectivity index (χ1) is 12.6. The molecule has 1 unspecified atom stereocenters. The molecule has 0 aliphatic carbocycles. The summed E-state index contributed by atoms with van der Waals surface area (Å²) in [6.07, 6.45) is 1.72. The molecule has 0 amide bonds. The maximum absolute atomic E-state index is 13.2. The van der Waals surface area contributed by atoms with Gasteiger partial charge in [0.25, 0.3) is 0 Å². The molecule has 27 heavy (non-hydrogen) atoms. The first-order valence-electron chi connectivity index (χ1n) is 8.48. The zero-order chi connectivity index (χ0) is 19.9. The van der Waals surface area contributed by atoms with Crippen LogP contribution in [0.5, 0.6) is 5.75 Å². The number of aliphatic carboxylic acids is 1. The molecule has 6 nitrogen and oxygen atoms in total. The molecule has 2 aromatic carbocycles. The minimum absolute atomic E-state index is 0.130. The van der Waals surface area contributed by atoms with Crippen molar-refractivity contribution in [3.05, 3.63) is 58.1 Å². The van der Waals surface area contributed by atoms with E-state index < -0.39 is 21.7 Å². The number of sulfone groups is 1. The Morgan fingerprint density at radius 3 is 2.37 bits per heavy atom. The van der Waals surface area contributed by atoms with Gasteiger partial charge in [0.2, 0.25) is 0 Å². The van der Waals surface area contributed by atoms with Gasteiger partial charge in [0.15, 0.2) is 15.6 Å². The summed E-state index contributed by atoms with van der Waals surface area (Å²) in [7, 11) is -3.36. The van der Waals surface area contributed by atoms with Crippen LogP contribution in [0.1, 0.15) is 45.5 Å². The Labute approximate surface area is 157 Å². The molecule has 1 heterocycles. The van der Waals surface area contributed by atoms with E-state index in [1.165, 1.54) is 24.3 Å². The van der Waals surface area contributed by atoms with Crippen LogP contribution in [0.2, 0.25) is 0 Å². The fourth-order valence-electron chi connectivity index (χ4n) is 3.30. The standard InChI is InChI=1S/C20H20O6S/c1-11-16(12(2)20(22)23)10-14-8-9-26-19(14)17(11)18(21)13-4-6-15(7-5-13)27(3,24)25/h4-7,10,12H,8-9H2,1-3H3,(H,22,23). The predicted octanol–water partition coefficient (Wildman–Crippen LogP) is 2.75. The van der Waals surface area contributed by atoms with Crippen LogP contribution in [0.3, 0.4) is 0 Å². The molecule has 0 saturated heterocycles. The molecule has 0 aromatic heterocycles.